The fourth-order valence-electron chi connectivity index (χ4n) is 3.11. The van der Waals surface area contributed by atoms with Gasteiger partial charge in [0.25, 0.3) is 0 Å². The highest BCUT2D eigenvalue weighted by atomic mass is 15.3. The third-order valence-electron chi connectivity index (χ3n) is 4.73. The second-order valence-electron chi connectivity index (χ2n) is 7.98. The lowest BCUT2D eigenvalue weighted by Gasteiger charge is -2.30. The first-order chi connectivity index (χ1) is 10.5. The molecule has 0 N–H and O–H groups in total. The summed E-state index contributed by atoms with van der Waals surface area (Å²) in [6, 6.07) is 0. The molecule has 0 aromatic heterocycles. The van der Waals surface area contributed by atoms with Gasteiger partial charge in [-0.2, -0.15) is 0 Å². The Morgan fingerprint density at radius 3 is 1.55 bits per heavy atom. The quantitative estimate of drug-likeness (QED) is 0.168. The molecule has 0 unspecified atom stereocenters. The second-order valence-corrected chi connectivity index (χ2v) is 7.98. The molecule has 0 amide bonds. The van der Waals surface area contributed by atoms with Crippen molar-refractivity contribution in [3.63, 3.8) is 0 Å². The largest absolute Gasteiger partial charge is 0.328 e. The fraction of sp³-hybridized carbons (Fsp3) is 0.905. The summed E-state index contributed by atoms with van der Waals surface area (Å²) >= 11 is 0. The van der Waals surface area contributed by atoms with E-state index in [-0.39, 0.29) is 0 Å². The van der Waals surface area contributed by atoms with Crippen LogP contribution in [-0.4, -0.2) is 31.7 Å². The molecule has 0 rings (SSSR count). The molecule has 0 aliphatic carbocycles. The van der Waals surface area contributed by atoms with Gasteiger partial charge in [-0.15, -0.1) is 6.58 Å². The van der Waals surface area contributed by atoms with Crippen LogP contribution in [0.25, 0.3) is 0 Å². The van der Waals surface area contributed by atoms with Crippen LogP contribution >= 0.6 is 0 Å². The molecule has 1 nitrogen and oxygen atoms in total. The van der Waals surface area contributed by atoms with Crippen molar-refractivity contribution in [1.29, 1.82) is 0 Å². The molecule has 0 bridgehead atoms. The Hall–Kier alpha value is -0.300. The van der Waals surface area contributed by atoms with E-state index in [2.05, 4.69) is 34.5 Å². The first-order valence-corrected chi connectivity index (χ1v) is 9.94. The summed E-state index contributed by atoms with van der Waals surface area (Å²) in [5, 5.41) is 0. The molecule has 1 heteroatoms. The van der Waals surface area contributed by atoms with E-state index in [1.54, 1.807) is 0 Å². The Labute approximate surface area is 141 Å². The fourth-order valence-corrected chi connectivity index (χ4v) is 3.11. The molecular formula is C21H44N+. The maximum absolute atomic E-state index is 3.99. The van der Waals surface area contributed by atoms with Gasteiger partial charge in [-0.3, -0.25) is 0 Å². The van der Waals surface area contributed by atoms with Crippen LogP contribution in [-0.2, 0) is 0 Å². The molecule has 0 aliphatic heterocycles. The average molecular weight is 311 g/mol. The predicted octanol–water partition coefficient (Wildman–Crippen LogP) is 6.73. The third-order valence-corrected chi connectivity index (χ3v) is 4.73. The first kappa shape index (κ1) is 21.7. The monoisotopic (exact) mass is 310 g/mol. The SMILES string of the molecule is C=C(C)CCCC[N+](C)(C)CCCCCCCCCCCC. The first-order valence-electron chi connectivity index (χ1n) is 9.94. The van der Waals surface area contributed by atoms with Gasteiger partial charge in [0.15, 0.2) is 0 Å². The van der Waals surface area contributed by atoms with Crippen molar-refractivity contribution < 1.29 is 4.48 Å². The van der Waals surface area contributed by atoms with Gasteiger partial charge in [0.05, 0.1) is 27.2 Å². The summed E-state index contributed by atoms with van der Waals surface area (Å²) in [4.78, 5) is 0. The number of hydrogen-bond donors (Lipinski definition) is 0. The Morgan fingerprint density at radius 1 is 0.682 bits per heavy atom. The van der Waals surface area contributed by atoms with Gasteiger partial charge in [-0.1, -0.05) is 63.9 Å². The highest BCUT2D eigenvalue weighted by Crippen LogP contribution is 2.13. The molecule has 0 aromatic rings. The molecule has 0 saturated carbocycles. The van der Waals surface area contributed by atoms with Gasteiger partial charge >= 0.3 is 0 Å². The van der Waals surface area contributed by atoms with Crippen LogP contribution in [0.5, 0.6) is 0 Å². The second kappa shape index (κ2) is 14.3. The Balaban J connectivity index is 3.35. The maximum atomic E-state index is 3.99. The molecule has 0 aliphatic rings. The summed E-state index contributed by atoms with van der Waals surface area (Å²) in [6.07, 6.45) is 18.2. The van der Waals surface area contributed by atoms with E-state index >= 15 is 0 Å². The summed E-state index contributed by atoms with van der Waals surface area (Å²) in [7, 11) is 4.79. The molecule has 0 spiro atoms. The molecule has 132 valence electrons. The van der Waals surface area contributed by atoms with Crippen LogP contribution in [0.4, 0.5) is 0 Å². The number of unbranched alkanes of at least 4 members (excludes halogenated alkanes) is 10. The molecule has 0 heterocycles. The van der Waals surface area contributed by atoms with Crippen LogP contribution in [0.3, 0.4) is 0 Å². The molecule has 0 saturated heterocycles. The normalized spacial score (nSPS) is 11.8. The van der Waals surface area contributed by atoms with Crippen LogP contribution in [0.2, 0.25) is 0 Å². The summed E-state index contributed by atoms with van der Waals surface area (Å²) in [5.41, 5.74) is 1.33. The van der Waals surface area contributed by atoms with Crippen molar-refractivity contribution in [3.05, 3.63) is 12.2 Å². The van der Waals surface area contributed by atoms with Gasteiger partial charge in [0, 0.05) is 0 Å². The zero-order valence-corrected chi connectivity index (χ0v) is 16.3. The van der Waals surface area contributed by atoms with Crippen molar-refractivity contribution in [3.8, 4) is 0 Å². The van der Waals surface area contributed by atoms with E-state index in [1.165, 1.54) is 107 Å². The van der Waals surface area contributed by atoms with Gasteiger partial charge < -0.3 is 4.48 Å². The predicted molar refractivity (Wildman–Crippen MR) is 102 cm³/mol. The topological polar surface area (TPSA) is 0 Å². The van der Waals surface area contributed by atoms with E-state index in [9.17, 15) is 0 Å². The maximum Gasteiger partial charge on any atom is 0.0782 e. The van der Waals surface area contributed by atoms with Crippen molar-refractivity contribution in [2.24, 2.45) is 0 Å². The van der Waals surface area contributed by atoms with E-state index in [0.717, 1.165) is 0 Å². The lowest BCUT2D eigenvalue weighted by molar-refractivity contribution is -0.890. The van der Waals surface area contributed by atoms with Crippen LogP contribution in [0, 0.1) is 0 Å². The van der Waals surface area contributed by atoms with E-state index < -0.39 is 0 Å². The molecular weight excluding hydrogens is 266 g/mol. The number of quaternary nitrogens is 1. The van der Waals surface area contributed by atoms with Gasteiger partial charge in [0.2, 0.25) is 0 Å². The van der Waals surface area contributed by atoms with Crippen molar-refractivity contribution in [2.45, 2.75) is 97.3 Å². The number of rotatable bonds is 16. The summed E-state index contributed by atoms with van der Waals surface area (Å²) in [5.74, 6) is 0. The molecule has 0 radical (unpaired) electrons. The Kier molecular flexibility index (Phi) is 14.1. The minimum absolute atomic E-state index is 1.20. The lowest BCUT2D eigenvalue weighted by atomic mass is 10.1. The highest BCUT2D eigenvalue weighted by Gasteiger charge is 2.13. The van der Waals surface area contributed by atoms with Crippen molar-refractivity contribution in [2.75, 3.05) is 27.2 Å². The van der Waals surface area contributed by atoms with Gasteiger partial charge in [-0.25, -0.2) is 0 Å². The zero-order chi connectivity index (χ0) is 16.7. The number of nitrogens with zero attached hydrogens (tertiary/aromatic N) is 1. The number of hydrogen-bond acceptors (Lipinski definition) is 0. The molecule has 0 atom stereocenters. The molecule has 0 aromatic carbocycles. The van der Waals surface area contributed by atoms with Crippen LogP contribution < -0.4 is 0 Å². The minimum atomic E-state index is 1.20. The van der Waals surface area contributed by atoms with Crippen molar-refractivity contribution >= 4 is 0 Å². The van der Waals surface area contributed by atoms with Gasteiger partial charge in [-0.05, 0) is 39.0 Å². The summed E-state index contributed by atoms with van der Waals surface area (Å²) in [6.45, 7) is 11.1. The van der Waals surface area contributed by atoms with E-state index in [0.29, 0.717) is 0 Å². The number of allylic oxidation sites excluding steroid dienone is 1. The Morgan fingerprint density at radius 2 is 1.09 bits per heavy atom. The smallest absolute Gasteiger partial charge is 0.0782 e. The Bertz CT molecular complexity index is 255. The third kappa shape index (κ3) is 16.1. The van der Waals surface area contributed by atoms with Gasteiger partial charge in [0.1, 0.15) is 0 Å². The highest BCUT2D eigenvalue weighted by molar-refractivity contribution is 4.86. The summed E-state index contributed by atoms with van der Waals surface area (Å²) < 4.78 is 1.20. The average Bonchev–Trinajstić information content (AvgIpc) is 2.45. The lowest BCUT2D eigenvalue weighted by Crippen LogP contribution is -2.41. The van der Waals surface area contributed by atoms with Crippen LogP contribution in [0.1, 0.15) is 97.3 Å². The zero-order valence-electron chi connectivity index (χ0n) is 16.3. The van der Waals surface area contributed by atoms with E-state index in [1.807, 2.05) is 0 Å². The molecule has 0 fully saturated rings. The van der Waals surface area contributed by atoms with E-state index in [4.69, 9.17) is 0 Å². The van der Waals surface area contributed by atoms with Crippen molar-refractivity contribution in [1.82, 2.24) is 0 Å². The van der Waals surface area contributed by atoms with Crippen LogP contribution in [0.15, 0.2) is 12.2 Å². The standard InChI is InChI=1S/C21H44N/c1-6-7-8-9-10-11-12-13-14-16-19-22(4,5)20-17-15-18-21(2)3/h2,6-20H2,1,3-5H3/q+1. The molecule has 22 heavy (non-hydrogen) atoms. The minimum Gasteiger partial charge on any atom is -0.328 e.